The monoisotopic (exact) mass is 688 g/mol. The molecule has 0 heterocycles. The summed E-state index contributed by atoms with van der Waals surface area (Å²) in [5, 5.41) is 8.41. The minimum atomic E-state index is -9.06. The first-order valence-corrected chi connectivity index (χ1v) is 9.36. The summed E-state index contributed by atoms with van der Waals surface area (Å²) in [7, 11) is 0. The van der Waals surface area contributed by atoms with Gasteiger partial charge < -0.3 is 5.11 Å². The first-order chi connectivity index (χ1) is 17.7. The molecule has 4 aliphatic carbocycles. The fraction of sp³-hybridized carbons (Fsp3) is 1.00. The van der Waals surface area contributed by atoms with Crippen LogP contribution in [0.1, 0.15) is 0 Å². The van der Waals surface area contributed by atoms with Gasteiger partial charge in [-0.15, -0.1) is 0 Å². The van der Waals surface area contributed by atoms with E-state index in [4.69, 9.17) is 5.11 Å². The van der Waals surface area contributed by atoms with Gasteiger partial charge in [0.2, 0.25) is 0 Å². The smallest absolute Gasteiger partial charge is 0.350 e. The van der Waals surface area contributed by atoms with Crippen molar-refractivity contribution >= 4 is 0 Å². The third-order valence-electron chi connectivity index (χ3n) is 7.03. The van der Waals surface area contributed by atoms with Gasteiger partial charge in [-0.25, -0.2) is 22.0 Å². The van der Waals surface area contributed by atoms with E-state index in [1.807, 2.05) is 0 Å². The summed E-state index contributed by atoms with van der Waals surface area (Å²) < 4.78 is 351. The van der Waals surface area contributed by atoms with Crippen molar-refractivity contribution in [2.75, 3.05) is 0 Å². The zero-order valence-electron chi connectivity index (χ0n) is 17.8. The van der Waals surface area contributed by atoms with Gasteiger partial charge in [0.05, 0.1) is 0 Å². The second-order valence-corrected chi connectivity index (χ2v) is 8.99. The first kappa shape index (κ1) is 34.7. The lowest BCUT2D eigenvalue weighted by molar-refractivity contribution is -0.634. The Bertz CT molecular complexity index is 1090. The van der Waals surface area contributed by atoms with E-state index in [1.165, 1.54) is 4.74 Å². The highest BCUT2D eigenvalue weighted by molar-refractivity contribution is 5.54. The topological polar surface area (TPSA) is 29.5 Å². The van der Waals surface area contributed by atoms with Crippen LogP contribution in [0.15, 0.2) is 0 Å². The minimum absolute atomic E-state index is 1.21. The highest BCUT2D eigenvalue weighted by Gasteiger charge is 3.24. The normalized spacial score (nSPS) is 43.3. The Morgan fingerprint density at radius 2 is 0.619 bits per heavy atom. The number of rotatable bonds is 5. The number of halogens is 25. The maximum atomic E-state index is 15.3. The molecule has 1 atom stereocenters. The van der Waals surface area contributed by atoms with E-state index in [9.17, 15) is 96.6 Å². The molecule has 4 aliphatic rings. The fourth-order valence-corrected chi connectivity index (χ4v) is 4.76. The molecule has 0 saturated heterocycles. The van der Waals surface area contributed by atoms with Gasteiger partial charge in [0.25, 0.3) is 0 Å². The third kappa shape index (κ3) is 2.40. The van der Waals surface area contributed by atoms with Gasteiger partial charge in [-0.3, -0.25) is 4.74 Å². The van der Waals surface area contributed by atoms with Crippen molar-refractivity contribution in [2.24, 2.45) is 0 Å². The average Bonchev–Trinajstić information content (AvgIpc) is 2.76. The molecule has 0 spiro atoms. The summed E-state index contributed by atoms with van der Waals surface area (Å²) in [5.41, 5.74) is -35.0. The molecule has 0 amide bonds. The molecule has 1 N–H and O–H groups in total. The summed E-state index contributed by atoms with van der Waals surface area (Å²) in [5.74, 6) is -78.8. The van der Waals surface area contributed by atoms with Gasteiger partial charge >= 0.3 is 88.1 Å². The van der Waals surface area contributed by atoms with Crippen LogP contribution >= 0.6 is 0 Å². The van der Waals surface area contributed by atoms with E-state index in [2.05, 4.69) is 0 Å². The molecular weight excluding hydrogens is 687 g/mol. The Hall–Kier alpha value is -1.83. The molecule has 4 rings (SSSR count). The molecule has 4 saturated carbocycles. The number of ether oxygens (including phenoxy) is 1. The lowest BCUT2D eigenvalue weighted by atomic mass is 9.40. The molecular formula is C15HF25O2. The molecule has 1 unspecified atom stereocenters. The molecule has 42 heavy (non-hydrogen) atoms. The van der Waals surface area contributed by atoms with E-state index in [0.717, 1.165) is 0 Å². The molecule has 0 radical (unpaired) electrons. The Morgan fingerprint density at radius 1 is 0.381 bits per heavy atom. The summed E-state index contributed by atoms with van der Waals surface area (Å²) >= 11 is 0. The average molecular weight is 688 g/mol. The molecule has 4 fully saturated rings. The standard InChI is InChI=1S/C15HF25O2/c16-1-5(20,21)2(17)8(26,27)3(18,6(1,22)23)13(35,4(19,7(1,24)25)9(2,28)29)42-15(39,40)12(34,41)10(30,31)11(32,33)14(36,37)38/h41H. The summed E-state index contributed by atoms with van der Waals surface area (Å²) in [6, 6.07) is 0. The van der Waals surface area contributed by atoms with Crippen molar-refractivity contribution in [3.05, 3.63) is 0 Å². The lowest BCUT2D eigenvalue weighted by Gasteiger charge is -2.74. The highest BCUT2D eigenvalue weighted by atomic mass is 19.4. The van der Waals surface area contributed by atoms with Crippen LogP contribution in [0.2, 0.25) is 0 Å². The van der Waals surface area contributed by atoms with Crippen molar-refractivity contribution in [3.63, 3.8) is 0 Å². The maximum absolute atomic E-state index is 15.3. The largest absolute Gasteiger partial charge is 0.460 e. The van der Waals surface area contributed by atoms with Gasteiger partial charge in [0.1, 0.15) is 0 Å². The predicted octanol–water partition coefficient (Wildman–Crippen LogP) is 6.80. The number of aliphatic hydroxyl groups is 1. The summed E-state index contributed by atoms with van der Waals surface area (Å²) in [6.45, 7) is 0. The van der Waals surface area contributed by atoms with Crippen molar-refractivity contribution < 1.29 is 120 Å². The summed E-state index contributed by atoms with van der Waals surface area (Å²) in [4.78, 5) is 0. The Morgan fingerprint density at radius 3 is 0.857 bits per heavy atom. The fourth-order valence-electron chi connectivity index (χ4n) is 4.76. The summed E-state index contributed by atoms with van der Waals surface area (Å²) in [6.07, 6.45) is -16.9. The van der Waals surface area contributed by atoms with Crippen LogP contribution in [-0.2, 0) is 4.74 Å². The first-order valence-electron chi connectivity index (χ1n) is 9.36. The second-order valence-electron chi connectivity index (χ2n) is 8.99. The molecule has 0 aliphatic heterocycles. The zero-order valence-corrected chi connectivity index (χ0v) is 17.8. The Labute approximate surface area is 209 Å². The predicted molar refractivity (Wildman–Crippen MR) is 72.0 cm³/mol. The van der Waals surface area contributed by atoms with E-state index in [1.54, 1.807) is 0 Å². The quantitative estimate of drug-likeness (QED) is 0.322. The Kier molecular flexibility index (Phi) is 5.92. The van der Waals surface area contributed by atoms with Gasteiger partial charge in [-0.1, -0.05) is 0 Å². The van der Waals surface area contributed by atoms with E-state index < -0.39 is 88.1 Å². The maximum Gasteiger partial charge on any atom is 0.460 e. The third-order valence-corrected chi connectivity index (χ3v) is 7.03. The molecule has 0 aromatic rings. The van der Waals surface area contributed by atoms with E-state index in [-0.39, 0.29) is 0 Å². The highest BCUT2D eigenvalue weighted by Crippen LogP contribution is 2.89. The van der Waals surface area contributed by atoms with E-state index >= 15 is 13.2 Å². The van der Waals surface area contributed by atoms with Gasteiger partial charge in [0, 0.05) is 0 Å². The van der Waals surface area contributed by atoms with Crippen molar-refractivity contribution in [3.8, 4) is 0 Å². The number of hydrogen-bond acceptors (Lipinski definition) is 2. The van der Waals surface area contributed by atoms with Gasteiger partial charge in [-0.2, -0.15) is 87.8 Å². The van der Waals surface area contributed by atoms with Gasteiger partial charge in [-0.05, 0) is 0 Å². The molecule has 248 valence electrons. The molecule has 2 nitrogen and oxygen atoms in total. The van der Waals surface area contributed by atoms with Crippen LogP contribution in [0.25, 0.3) is 0 Å². The van der Waals surface area contributed by atoms with Crippen LogP contribution in [0, 0.1) is 0 Å². The van der Waals surface area contributed by atoms with Crippen LogP contribution in [0.3, 0.4) is 0 Å². The minimum Gasteiger partial charge on any atom is -0.350 e. The van der Waals surface area contributed by atoms with Crippen LogP contribution in [0.4, 0.5) is 110 Å². The molecule has 4 bridgehead atoms. The zero-order chi connectivity index (χ0) is 34.2. The molecule has 0 aromatic carbocycles. The van der Waals surface area contributed by atoms with Crippen LogP contribution < -0.4 is 0 Å². The van der Waals surface area contributed by atoms with E-state index in [0.29, 0.717) is 0 Å². The SMILES string of the molecule is OC(F)(C(F)(F)OC1(F)C2(F)C(F)(F)C3(F)C(F)(F)C(F)(C2(F)F)C(F)(F)C1(F)C3(F)F)C(F)(F)C(F)(F)C(F)(F)F. The number of alkyl halides is 25. The number of hydrogen-bond donors (Lipinski definition) is 1. The van der Waals surface area contributed by atoms with Crippen LogP contribution in [-0.4, -0.2) is 93.2 Å². The molecule has 0 aromatic heterocycles. The molecule has 27 heteroatoms. The van der Waals surface area contributed by atoms with Gasteiger partial charge in [0.15, 0.2) is 0 Å². The second kappa shape index (κ2) is 7.18. The van der Waals surface area contributed by atoms with Crippen LogP contribution in [0.5, 0.6) is 0 Å². The van der Waals surface area contributed by atoms with Crippen molar-refractivity contribution in [2.45, 2.75) is 88.1 Å². The Balaban J connectivity index is 2.50. The van der Waals surface area contributed by atoms with Crippen molar-refractivity contribution in [1.29, 1.82) is 0 Å². The van der Waals surface area contributed by atoms with Crippen molar-refractivity contribution in [1.82, 2.24) is 0 Å². The lowest BCUT2D eigenvalue weighted by Crippen LogP contribution is -3.09.